The van der Waals surface area contributed by atoms with Gasteiger partial charge in [0.1, 0.15) is 12.9 Å². The fourth-order valence-electron chi connectivity index (χ4n) is 3.30. The van der Waals surface area contributed by atoms with E-state index in [1.807, 2.05) is 60.7 Å². The van der Waals surface area contributed by atoms with Crippen LogP contribution in [0.2, 0.25) is 0 Å². The van der Waals surface area contributed by atoms with E-state index in [1.54, 1.807) is 6.92 Å². The molecule has 0 amide bonds. The lowest BCUT2D eigenvalue weighted by Crippen LogP contribution is -2.21. The van der Waals surface area contributed by atoms with Crippen molar-refractivity contribution in [2.75, 3.05) is 13.4 Å². The zero-order chi connectivity index (χ0) is 20.5. The van der Waals surface area contributed by atoms with Crippen LogP contribution in [0.1, 0.15) is 37.0 Å². The molecular formula is C23H26O6. The van der Waals surface area contributed by atoms with Crippen molar-refractivity contribution in [3.05, 3.63) is 71.8 Å². The summed E-state index contributed by atoms with van der Waals surface area (Å²) in [6, 6.07) is 19.6. The molecule has 1 heterocycles. The highest BCUT2D eigenvalue weighted by molar-refractivity contribution is 5.96. The van der Waals surface area contributed by atoms with Crippen LogP contribution in [0, 0.1) is 5.92 Å². The summed E-state index contributed by atoms with van der Waals surface area (Å²) in [7, 11) is 0. The molecular weight excluding hydrogens is 372 g/mol. The SMILES string of the molecule is CCOC(=O)C1CC(CC(OCOCc2ccccc2)c2ccccc2)OC1=O. The highest BCUT2D eigenvalue weighted by Gasteiger charge is 2.41. The maximum atomic E-state index is 12.0. The van der Waals surface area contributed by atoms with Crippen LogP contribution in [-0.4, -0.2) is 31.4 Å². The number of hydrogen-bond acceptors (Lipinski definition) is 6. The fourth-order valence-corrected chi connectivity index (χ4v) is 3.30. The molecule has 0 radical (unpaired) electrons. The Morgan fingerprint density at radius 3 is 2.48 bits per heavy atom. The highest BCUT2D eigenvalue weighted by Crippen LogP contribution is 2.31. The van der Waals surface area contributed by atoms with Gasteiger partial charge in [-0.1, -0.05) is 60.7 Å². The van der Waals surface area contributed by atoms with Crippen LogP contribution in [-0.2, 0) is 35.1 Å². The number of ether oxygens (including phenoxy) is 4. The number of carbonyl (C=O) groups is 2. The average Bonchev–Trinajstić information content (AvgIpc) is 3.12. The van der Waals surface area contributed by atoms with E-state index in [4.69, 9.17) is 18.9 Å². The van der Waals surface area contributed by atoms with Crippen molar-refractivity contribution >= 4 is 11.9 Å². The van der Waals surface area contributed by atoms with Crippen molar-refractivity contribution in [3.63, 3.8) is 0 Å². The van der Waals surface area contributed by atoms with E-state index in [0.29, 0.717) is 19.4 Å². The van der Waals surface area contributed by atoms with Gasteiger partial charge in [-0.2, -0.15) is 0 Å². The molecule has 3 unspecified atom stereocenters. The third-order valence-corrected chi connectivity index (χ3v) is 4.75. The zero-order valence-electron chi connectivity index (χ0n) is 16.5. The molecule has 2 aromatic carbocycles. The van der Waals surface area contributed by atoms with Crippen LogP contribution in [0.5, 0.6) is 0 Å². The largest absolute Gasteiger partial charge is 0.465 e. The topological polar surface area (TPSA) is 71.1 Å². The monoisotopic (exact) mass is 398 g/mol. The molecule has 0 N–H and O–H groups in total. The first kappa shape index (κ1) is 21.0. The Morgan fingerprint density at radius 2 is 1.79 bits per heavy atom. The number of hydrogen-bond donors (Lipinski definition) is 0. The lowest BCUT2D eigenvalue weighted by Gasteiger charge is -2.21. The predicted molar refractivity (Wildman–Crippen MR) is 106 cm³/mol. The number of esters is 2. The number of carbonyl (C=O) groups excluding carboxylic acids is 2. The molecule has 3 rings (SSSR count). The minimum atomic E-state index is -0.856. The Kier molecular flexibility index (Phi) is 7.78. The molecule has 1 fully saturated rings. The molecule has 3 atom stereocenters. The first-order valence-electron chi connectivity index (χ1n) is 9.82. The maximum absolute atomic E-state index is 12.0. The summed E-state index contributed by atoms with van der Waals surface area (Å²) in [4.78, 5) is 24.0. The summed E-state index contributed by atoms with van der Waals surface area (Å²) in [5.41, 5.74) is 2.03. The van der Waals surface area contributed by atoms with E-state index in [2.05, 4.69) is 0 Å². The summed E-state index contributed by atoms with van der Waals surface area (Å²) in [6.45, 7) is 2.51. The normalized spacial score (nSPS) is 19.6. The molecule has 154 valence electrons. The quantitative estimate of drug-likeness (QED) is 0.262. The van der Waals surface area contributed by atoms with E-state index in [0.717, 1.165) is 11.1 Å². The maximum Gasteiger partial charge on any atom is 0.320 e. The number of cyclic esters (lactones) is 1. The van der Waals surface area contributed by atoms with Crippen LogP contribution >= 0.6 is 0 Å². The van der Waals surface area contributed by atoms with E-state index >= 15 is 0 Å². The molecule has 1 aliphatic heterocycles. The number of rotatable bonds is 10. The third-order valence-electron chi connectivity index (χ3n) is 4.75. The summed E-state index contributed by atoms with van der Waals surface area (Å²) in [6.07, 6.45) is 0.0252. The molecule has 0 aliphatic carbocycles. The van der Waals surface area contributed by atoms with Crippen LogP contribution in [0.15, 0.2) is 60.7 Å². The van der Waals surface area contributed by atoms with Gasteiger partial charge in [0.25, 0.3) is 0 Å². The minimum absolute atomic E-state index is 0.108. The van der Waals surface area contributed by atoms with Gasteiger partial charge in [-0.05, 0) is 18.1 Å². The molecule has 1 aliphatic rings. The minimum Gasteiger partial charge on any atom is -0.465 e. The Labute approximate surface area is 170 Å². The molecule has 0 saturated carbocycles. The van der Waals surface area contributed by atoms with Crippen LogP contribution in [0.25, 0.3) is 0 Å². The van der Waals surface area contributed by atoms with Gasteiger partial charge in [-0.25, -0.2) is 0 Å². The van der Waals surface area contributed by atoms with Gasteiger partial charge in [0.2, 0.25) is 0 Å². The first-order chi connectivity index (χ1) is 14.2. The van der Waals surface area contributed by atoms with Crippen molar-refractivity contribution in [1.29, 1.82) is 0 Å². The Bertz CT molecular complexity index is 776. The molecule has 6 nitrogen and oxygen atoms in total. The van der Waals surface area contributed by atoms with Crippen LogP contribution in [0.3, 0.4) is 0 Å². The lowest BCUT2D eigenvalue weighted by molar-refractivity contribution is -0.156. The second kappa shape index (κ2) is 10.7. The van der Waals surface area contributed by atoms with Gasteiger partial charge < -0.3 is 18.9 Å². The van der Waals surface area contributed by atoms with Gasteiger partial charge in [0.15, 0.2) is 5.92 Å². The Hall–Kier alpha value is -2.70. The van der Waals surface area contributed by atoms with Crippen molar-refractivity contribution in [3.8, 4) is 0 Å². The van der Waals surface area contributed by atoms with E-state index < -0.39 is 24.0 Å². The van der Waals surface area contributed by atoms with Gasteiger partial charge in [-0.3, -0.25) is 9.59 Å². The standard InChI is InChI=1S/C23H26O6/c1-2-27-22(24)20-13-19(29-23(20)25)14-21(18-11-7-4-8-12-18)28-16-26-15-17-9-5-3-6-10-17/h3-12,19-21H,2,13-16H2,1H3. The molecule has 6 heteroatoms. The number of benzene rings is 2. The van der Waals surface area contributed by atoms with E-state index in [-0.39, 0.29) is 19.5 Å². The lowest BCUT2D eigenvalue weighted by atomic mass is 9.98. The molecule has 2 aromatic rings. The summed E-state index contributed by atoms with van der Waals surface area (Å²) >= 11 is 0. The van der Waals surface area contributed by atoms with Crippen molar-refractivity contribution < 1.29 is 28.5 Å². The molecule has 0 aromatic heterocycles. The molecule has 1 saturated heterocycles. The highest BCUT2D eigenvalue weighted by atomic mass is 16.7. The predicted octanol–water partition coefficient (Wildman–Crippen LogP) is 3.80. The second-order valence-corrected chi connectivity index (χ2v) is 6.85. The Balaban J connectivity index is 1.56. The van der Waals surface area contributed by atoms with Gasteiger partial charge in [0, 0.05) is 12.8 Å². The summed E-state index contributed by atoms with van der Waals surface area (Å²) in [5, 5.41) is 0. The van der Waals surface area contributed by atoms with Gasteiger partial charge in [0.05, 0.1) is 19.3 Å². The van der Waals surface area contributed by atoms with Crippen molar-refractivity contribution in [1.82, 2.24) is 0 Å². The average molecular weight is 398 g/mol. The van der Waals surface area contributed by atoms with E-state index in [9.17, 15) is 9.59 Å². The molecule has 29 heavy (non-hydrogen) atoms. The van der Waals surface area contributed by atoms with Gasteiger partial charge >= 0.3 is 11.9 Å². The third kappa shape index (κ3) is 6.14. The van der Waals surface area contributed by atoms with Crippen molar-refractivity contribution in [2.24, 2.45) is 5.92 Å². The molecule has 0 spiro atoms. The smallest absolute Gasteiger partial charge is 0.320 e. The van der Waals surface area contributed by atoms with Crippen LogP contribution in [0.4, 0.5) is 0 Å². The summed E-state index contributed by atoms with van der Waals surface area (Å²) < 4.78 is 22.0. The van der Waals surface area contributed by atoms with Gasteiger partial charge in [-0.15, -0.1) is 0 Å². The second-order valence-electron chi connectivity index (χ2n) is 6.85. The van der Waals surface area contributed by atoms with Crippen LogP contribution < -0.4 is 0 Å². The summed E-state index contributed by atoms with van der Waals surface area (Å²) in [5.74, 6) is -1.91. The Morgan fingerprint density at radius 1 is 1.10 bits per heavy atom. The molecule has 0 bridgehead atoms. The van der Waals surface area contributed by atoms with E-state index in [1.165, 1.54) is 0 Å². The fraction of sp³-hybridized carbons (Fsp3) is 0.391. The first-order valence-corrected chi connectivity index (χ1v) is 9.82. The van der Waals surface area contributed by atoms with Crippen molar-refractivity contribution in [2.45, 2.75) is 38.6 Å². The zero-order valence-corrected chi connectivity index (χ0v) is 16.5.